The summed E-state index contributed by atoms with van der Waals surface area (Å²) in [5.41, 5.74) is 0. The van der Waals surface area contributed by atoms with Crippen LogP contribution in [0.15, 0.2) is 72.9 Å². The third kappa shape index (κ3) is 20.7. The third-order valence-electron chi connectivity index (χ3n) is 3.58. The first-order chi connectivity index (χ1) is 13.3. The van der Waals surface area contributed by atoms with Crippen LogP contribution in [0.2, 0.25) is 0 Å². The summed E-state index contributed by atoms with van der Waals surface area (Å²) in [4.78, 5) is 0. The molecule has 6 heteroatoms. The molecule has 0 fully saturated rings. The average Bonchev–Trinajstić information content (AvgIpc) is 2.68. The minimum Gasteiger partial charge on any atom is -0.358 e. The maximum Gasteiger partial charge on any atom is 0.0836 e. The zero-order valence-corrected chi connectivity index (χ0v) is 21.6. The monoisotopic (exact) mass is 460 g/mol. The molecule has 3 unspecified atom stereocenters. The molecule has 0 aliphatic rings. The van der Waals surface area contributed by atoms with E-state index in [0.717, 1.165) is 32.1 Å². The molecule has 0 bridgehead atoms. The Balaban J connectivity index is 0. The van der Waals surface area contributed by atoms with Gasteiger partial charge in [0.05, 0.1) is 12.2 Å². The lowest BCUT2D eigenvalue weighted by atomic mass is 10.2. The summed E-state index contributed by atoms with van der Waals surface area (Å²) < 4.78 is 11.1. The number of rotatable bonds is 16. The third-order valence-corrected chi connectivity index (χ3v) is 4.78. The normalized spacial score (nSPS) is 15.4. The van der Waals surface area contributed by atoms with E-state index in [-0.39, 0.29) is 25.7 Å². The zero-order valence-electron chi connectivity index (χ0n) is 17.3. The first-order valence-corrected chi connectivity index (χ1v) is 12.9. The van der Waals surface area contributed by atoms with Crippen molar-refractivity contribution in [2.24, 2.45) is 0 Å². The van der Waals surface area contributed by atoms with E-state index in [1.807, 2.05) is 24.3 Å². The van der Waals surface area contributed by atoms with Crippen LogP contribution in [0.3, 0.4) is 0 Å². The van der Waals surface area contributed by atoms with Crippen LogP contribution in [0.4, 0.5) is 0 Å². The van der Waals surface area contributed by atoms with Crippen LogP contribution in [0.5, 0.6) is 0 Å². The average molecular weight is 461 g/mol. The minimum absolute atomic E-state index is 0. The number of hydrogen-bond acceptors (Lipinski definition) is 2. The highest BCUT2D eigenvalue weighted by Gasteiger charge is 2.00. The second-order valence-corrected chi connectivity index (χ2v) is 7.37. The minimum atomic E-state index is 0. The van der Waals surface area contributed by atoms with Gasteiger partial charge in [-0.3, -0.25) is 0 Å². The van der Waals surface area contributed by atoms with Crippen LogP contribution in [0.25, 0.3) is 0 Å². The molecule has 0 heterocycles. The number of hydrogen-bond donors (Lipinski definition) is 0. The van der Waals surface area contributed by atoms with Crippen molar-refractivity contribution in [3.63, 3.8) is 0 Å². The van der Waals surface area contributed by atoms with Crippen LogP contribution in [0.1, 0.15) is 52.4 Å². The molecule has 0 rings (SSSR count). The summed E-state index contributed by atoms with van der Waals surface area (Å²) in [5.74, 6) is 0. The lowest BCUT2D eigenvalue weighted by Crippen LogP contribution is -2.01. The smallest absolute Gasteiger partial charge is 0.0836 e. The van der Waals surface area contributed by atoms with Gasteiger partial charge in [-0.05, 0) is 32.1 Å². The van der Waals surface area contributed by atoms with Crippen molar-refractivity contribution in [1.82, 2.24) is 0 Å². The molecule has 0 aromatic rings. The van der Waals surface area contributed by atoms with Crippen LogP contribution >= 0.6 is 40.4 Å². The first kappa shape index (κ1) is 30.2. The summed E-state index contributed by atoms with van der Waals surface area (Å²) >= 11 is 0. The SMILES string of the molecule is CC/C=C\C[C@@H](\C=C/C=C/C=C/[C@@H](C/C=C\C/C=C\CCC)OPP)OP.S. The van der Waals surface area contributed by atoms with Gasteiger partial charge in [-0.25, -0.2) is 0 Å². The first-order valence-electron chi connectivity index (χ1n) is 9.71. The molecule has 0 amide bonds. The quantitative estimate of drug-likeness (QED) is 0.133. The molecular formula is C22H39O2P3S. The summed E-state index contributed by atoms with van der Waals surface area (Å²) in [6.07, 6.45) is 31.9. The van der Waals surface area contributed by atoms with Crippen LogP contribution in [-0.2, 0) is 9.05 Å². The summed E-state index contributed by atoms with van der Waals surface area (Å²) in [7, 11) is 5.40. The van der Waals surface area contributed by atoms with Crippen molar-refractivity contribution >= 4 is 40.4 Å². The van der Waals surface area contributed by atoms with E-state index in [2.05, 4.69) is 80.9 Å². The Morgan fingerprint density at radius 3 is 2.04 bits per heavy atom. The predicted octanol–water partition coefficient (Wildman–Crippen LogP) is 7.76. The van der Waals surface area contributed by atoms with E-state index < -0.39 is 0 Å². The summed E-state index contributed by atoms with van der Waals surface area (Å²) in [5, 5.41) is 0. The van der Waals surface area contributed by atoms with Crippen molar-refractivity contribution in [3.8, 4) is 0 Å². The van der Waals surface area contributed by atoms with Crippen LogP contribution in [-0.4, -0.2) is 12.2 Å². The van der Waals surface area contributed by atoms with E-state index in [0.29, 0.717) is 8.50 Å². The van der Waals surface area contributed by atoms with Gasteiger partial charge in [-0.1, -0.05) is 102 Å². The molecule has 0 saturated carbocycles. The van der Waals surface area contributed by atoms with Crippen molar-refractivity contribution in [2.45, 2.75) is 64.6 Å². The molecule has 28 heavy (non-hydrogen) atoms. The Morgan fingerprint density at radius 1 is 0.821 bits per heavy atom. The fourth-order valence-electron chi connectivity index (χ4n) is 2.12. The molecule has 0 radical (unpaired) electrons. The van der Waals surface area contributed by atoms with Gasteiger partial charge in [0.25, 0.3) is 0 Å². The highest BCUT2D eigenvalue weighted by Crippen LogP contribution is 2.25. The standard InChI is InChI=1S/C22H37O2P3.H2S/c1-3-5-7-8-9-10-15-19-22(24-27-26)20-16-12-11-14-18-21(23-25)17-13-6-4-2;/h6-8,10-16,18,20-22,27H,3-5,9,17,19,25-26H2,1-2H3;1H2/b8-7-,12-11+,13-6-,15-10-,18-14-,20-16+;/t21-,22+;/m0./s1. The van der Waals surface area contributed by atoms with E-state index in [1.165, 1.54) is 6.42 Å². The van der Waals surface area contributed by atoms with Crippen molar-refractivity contribution in [1.29, 1.82) is 0 Å². The van der Waals surface area contributed by atoms with Gasteiger partial charge in [0, 0.05) is 18.0 Å². The summed E-state index contributed by atoms with van der Waals surface area (Å²) in [6.45, 7) is 4.33. The highest BCUT2D eigenvalue weighted by molar-refractivity contribution is 8.00. The van der Waals surface area contributed by atoms with Gasteiger partial charge in [-0.2, -0.15) is 13.5 Å². The van der Waals surface area contributed by atoms with E-state index in [1.54, 1.807) is 0 Å². The lowest BCUT2D eigenvalue weighted by molar-refractivity contribution is 0.296. The van der Waals surface area contributed by atoms with Gasteiger partial charge in [-0.15, -0.1) is 0 Å². The Morgan fingerprint density at radius 2 is 1.43 bits per heavy atom. The molecule has 0 aliphatic heterocycles. The number of unbranched alkanes of at least 4 members (excludes halogenated alkanes) is 1. The van der Waals surface area contributed by atoms with E-state index >= 15 is 0 Å². The molecule has 5 atom stereocenters. The van der Waals surface area contributed by atoms with Gasteiger partial charge in [0.1, 0.15) is 0 Å². The molecule has 0 saturated heterocycles. The predicted molar refractivity (Wildman–Crippen MR) is 142 cm³/mol. The highest BCUT2D eigenvalue weighted by atomic mass is 32.1. The summed E-state index contributed by atoms with van der Waals surface area (Å²) in [6, 6.07) is 0. The molecular weight excluding hydrogens is 421 g/mol. The van der Waals surface area contributed by atoms with Gasteiger partial charge in [0.15, 0.2) is 0 Å². The molecule has 0 aromatic heterocycles. The zero-order chi connectivity index (χ0) is 20.0. The van der Waals surface area contributed by atoms with Crippen LogP contribution < -0.4 is 0 Å². The van der Waals surface area contributed by atoms with Crippen molar-refractivity contribution < 1.29 is 9.05 Å². The Bertz CT molecular complexity index is 500. The molecule has 2 nitrogen and oxygen atoms in total. The second-order valence-electron chi connectivity index (χ2n) is 5.92. The fraction of sp³-hybridized carbons (Fsp3) is 0.455. The Kier molecular flexibility index (Phi) is 27.0. The topological polar surface area (TPSA) is 18.5 Å². The van der Waals surface area contributed by atoms with Crippen molar-refractivity contribution in [2.75, 3.05) is 0 Å². The lowest BCUT2D eigenvalue weighted by Gasteiger charge is -2.09. The number of allylic oxidation sites excluding steroid dienone is 8. The Labute approximate surface area is 186 Å². The van der Waals surface area contributed by atoms with Gasteiger partial charge >= 0.3 is 0 Å². The fourth-order valence-corrected chi connectivity index (χ4v) is 3.20. The maximum absolute atomic E-state index is 5.76. The van der Waals surface area contributed by atoms with E-state index in [9.17, 15) is 0 Å². The van der Waals surface area contributed by atoms with Crippen LogP contribution in [0, 0.1) is 0 Å². The molecule has 0 aliphatic carbocycles. The molecule has 160 valence electrons. The largest absolute Gasteiger partial charge is 0.358 e. The molecule has 0 spiro atoms. The van der Waals surface area contributed by atoms with Crippen molar-refractivity contribution in [3.05, 3.63) is 72.9 Å². The van der Waals surface area contributed by atoms with E-state index in [4.69, 9.17) is 9.05 Å². The Hall–Kier alpha value is 0.000000000000000167. The molecule has 0 N–H and O–H groups in total. The van der Waals surface area contributed by atoms with Gasteiger partial charge < -0.3 is 9.05 Å². The maximum atomic E-state index is 5.76. The second kappa shape index (κ2) is 25.0. The van der Waals surface area contributed by atoms with Gasteiger partial charge in [0.2, 0.25) is 0 Å². The molecule has 0 aromatic carbocycles.